The molecule has 0 aliphatic heterocycles. The molecule has 0 spiro atoms. The minimum absolute atomic E-state index is 0.0476. The van der Waals surface area contributed by atoms with Crippen LogP contribution < -0.4 is 5.32 Å². The van der Waals surface area contributed by atoms with Crippen LogP contribution in [0, 0.1) is 17.0 Å². The van der Waals surface area contributed by atoms with Crippen LogP contribution >= 0.6 is 0 Å². The van der Waals surface area contributed by atoms with Crippen LogP contribution in [0.5, 0.6) is 0 Å². The molecule has 108 valence electrons. The molecular formula is C12H14N2O6. The third-order valence-corrected chi connectivity index (χ3v) is 2.66. The molecule has 8 heteroatoms. The van der Waals surface area contributed by atoms with Gasteiger partial charge in [0.25, 0.3) is 11.6 Å². The van der Waals surface area contributed by atoms with E-state index in [1.165, 1.54) is 12.1 Å². The molecule has 0 fully saturated rings. The number of aliphatic carboxylic acids is 1. The molecule has 0 aliphatic rings. The molecule has 1 aromatic rings. The van der Waals surface area contributed by atoms with Crippen LogP contribution in [0.3, 0.4) is 0 Å². The molecule has 0 bridgehead atoms. The zero-order chi connectivity index (χ0) is 15.3. The molecule has 20 heavy (non-hydrogen) atoms. The SMILES string of the molecule is Cc1ccc(C(=O)NCCC(O)C(=O)O)cc1[N+](=O)[O-]. The second-order valence-electron chi connectivity index (χ2n) is 4.16. The second-order valence-corrected chi connectivity index (χ2v) is 4.16. The number of benzene rings is 1. The van der Waals surface area contributed by atoms with Crippen LogP contribution in [-0.4, -0.2) is 39.7 Å². The maximum atomic E-state index is 11.7. The standard InChI is InChI=1S/C12H14N2O6/c1-7-2-3-8(6-9(7)14(19)20)11(16)13-5-4-10(15)12(17)18/h2-3,6,10,15H,4-5H2,1H3,(H,13,16)(H,17,18). The Labute approximate surface area is 114 Å². The quantitative estimate of drug-likeness (QED) is 0.513. The van der Waals surface area contributed by atoms with E-state index in [0.717, 1.165) is 6.07 Å². The molecule has 1 aromatic carbocycles. The summed E-state index contributed by atoms with van der Waals surface area (Å²) in [6.07, 6.45) is -1.70. The molecule has 0 heterocycles. The lowest BCUT2D eigenvalue weighted by atomic mass is 10.1. The second kappa shape index (κ2) is 6.62. The number of nitrogens with zero attached hydrogens (tertiary/aromatic N) is 1. The Balaban J connectivity index is 2.67. The Kier molecular flexibility index (Phi) is 5.15. The van der Waals surface area contributed by atoms with Crippen LogP contribution in [0.25, 0.3) is 0 Å². The largest absolute Gasteiger partial charge is 0.479 e. The summed E-state index contributed by atoms with van der Waals surface area (Å²) in [7, 11) is 0. The van der Waals surface area contributed by atoms with E-state index in [4.69, 9.17) is 10.2 Å². The number of nitro groups is 1. The number of aliphatic hydroxyl groups excluding tert-OH is 1. The predicted octanol–water partition coefficient (Wildman–Crippen LogP) is 0.469. The van der Waals surface area contributed by atoms with Gasteiger partial charge in [0.1, 0.15) is 0 Å². The highest BCUT2D eigenvalue weighted by Crippen LogP contribution is 2.19. The molecule has 0 aromatic heterocycles. The first-order chi connectivity index (χ1) is 9.32. The number of nitro benzene ring substituents is 1. The number of carboxylic acid groups (broad SMARTS) is 1. The third-order valence-electron chi connectivity index (χ3n) is 2.66. The highest BCUT2D eigenvalue weighted by molar-refractivity contribution is 5.95. The molecule has 3 N–H and O–H groups in total. The van der Waals surface area contributed by atoms with Crippen molar-refractivity contribution in [3.05, 3.63) is 39.4 Å². The Morgan fingerprint density at radius 3 is 2.65 bits per heavy atom. The van der Waals surface area contributed by atoms with E-state index in [0.29, 0.717) is 5.56 Å². The van der Waals surface area contributed by atoms with E-state index in [2.05, 4.69) is 5.32 Å². The highest BCUT2D eigenvalue weighted by atomic mass is 16.6. The Morgan fingerprint density at radius 1 is 1.45 bits per heavy atom. The Bertz CT molecular complexity index is 543. The van der Waals surface area contributed by atoms with Gasteiger partial charge in [-0.25, -0.2) is 4.79 Å². The fourth-order valence-electron chi connectivity index (χ4n) is 1.50. The maximum Gasteiger partial charge on any atom is 0.332 e. The summed E-state index contributed by atoms with van der Waals surface area (Å²) in [5.74, 6) is -1.93. The first kappa shape index (κ1) is 15.6. The molecule has 0 aliphatic carbocycles. The van der Waals surface area contributed by atoms with Crippen molar-refractivity contribution in [2.45, 2.75) is 19.4 Å². The zero-order valence-corrected chi connectivity index (χ0v) is 10.7. The highest BCUT2D eigenvalue weighted by Gasteiger charge is 2.16. The number of nitrogens with one attached hydrogen (secondary N) is 1. The molecule has 0 radical (unpaired) electrons. The third kappa shape index (κ3) is 4.02. The van der Waals surface area contributed by atoms with Crippen LogP contribution in [0.2, 0.25) is 0 Å². The van der Waals surface area contributed by atoms with E-state index in [1.54, 1.807) is 6.92 Å². The monoisotopic (exact) mass is 282 g/mol. The summed E-state index contributed by atoms with van der Waals surface area (Å²) in [5.41, 5.74) is 0.378. The number of rotatable bonds is 6. The maximum absolute atomic E-state index is 11.7. The summed E-state index contributed by atoms with van der Waals surface area (Å²) in [6.45, 7) is 1.51. The molecule has 1 atom stereocenters. The van der Waals surface area contributed by atoms with Crippen molar-refractivity contribution in [2.24, 2.45) is 0 Å². The van der Waals surface area contributed by atoms with Crippen LogP contribution in [0.15, 0.2) is 18.2 Å². The smallest absolute Gasteiger partial charge is 0.332 e. The van der Waals surface area contributed by atoms with Gasteiger partial charge >= 0.3 is 5.97 Å². The minimum atomic E-state index is -1.55. The Hall–Kier alpha value is -2.48. The van der Waals surface area contributed by atoms with Gasteiger partial charge in [-0.2, -0.15) is 0 Å². The number of hydrogen-bond donors (Lipinski definition) is 3. The van der Waals surface area contributed by atoms with E-state index in [1.807, 2.05) is 0 Å². The van der Waals surface area contributed by atoms with Gasteiger partial charge in [-0.15, -0.1) is 0 Å². The van der Waals surface area contributed by atoms with E-state index in [9.17, 15) is 19.7 Å². The first-order valence-electron chi connectivity index (χ1n) is 5.77. The van der Waals surface area contributed by atoms with E-state index in [-0.39, 0.29) is 24.2 Å². The van der Waals surface area contributed by atoms with Gasteiger partial charge in [0, 0.05) is 30.2 Å². The average molecular weight is 282 g/mol. The van der Waals surface area contributed by atoms with Gasteiger partial charge in [0.2, 0.25) is 0 Å². The van der Waals surface area contributed by atoms with Gasteiger partial charge in [-0.1, -0.05) is 6.07 Å². The van der Waals surface area contributed by atoms with Crippen LogP contribution in [0.1, 0.15) is 22.3 Å². The van der Waals surface area contributed by atoms with Crippen molar-refractivity contribution in [2.75, 3.05) is 6.54 Å². The van der Waals surface area contributed by atoms with Crippen molar-refractivity contribution in [3.8, 4) is 0 Å². The van der Waals surface area contributed by atoms with E-state index >= 15 is 0 Å². The molecule has 0 saturated heterocycles. The summed E-state index contributed by atoms with van der Waals surface area (Å²) in [5, 5.41) is 30.6. The van der Waals surface area contributed by atoms with Crippen LogP contribution in [-0.2, 0) is 4.79 Å². The molecule has 1 unspecified atom stereocenters. The summed E-state index contributed by atoms with van der Waals surface area (Å²) >= 11 is 0. The first-order valence-corrected chi connectivity index (χ1v) is 5.77. The van der Waals surface area contributed by atoms with Crippen molar-refractivity contribution < 1.29 is 24.7 Å². The normalized spacial score (nSPS) is 11.7. The van der Waals surface area contributed by atoms with Crippen molar-refractivity contribution in [1.29, 1.82) is 0 Å². The number of amides is 1. The fraction of sp³-hybridized carbons (Fsp3) is 0.333. The van der Waals surface area contributed by atoms with E-state index < -0.39 is 22.9 Å². The number of aryl methyl sites for hydroxylation is 1. The molecule has 0 saturated carbocycles. The molecule has 1 amide bonds. The zero-order valence-electron chi connectivity index (χ0n) is 10.7. The number of carboxylic acids is 1. The lowest BCUT2D eigenvalue weighted by molar-refractivity contribution is -0.385. The number of carbonyl (C=O) groups excluding carboxylic acids is 1. The number of carbonyl (C=O) groups is 2. The molecule has 8 nitrogen and oxygen atoms in total. The molecule has 1 rings (SSSR count). The summed E-state index contributed by atoms with van der Waals surface area (Å²) in [6, 6.07) is 4.04. The lowest BCUT2D eigenvalue weighted by Crippen LogP contribution is -2.30. The summed E-state index contributed by atoms with van der Waals surface area (Å²) in [4.78, 5) is 32.3. The predicted molar refractivity (Wildman–Crippen MR) is 68.4 cm³/mol. The van der Waals surface area contributed by atoms with Gasteiger partial charge in [-0.3, -0.25) is 14.9 Å². The number of hydrogen-bond acceptors (Lipinski definition) is 5. The topological polar surface area (TPSA) is 130 Å². The molecular weight excluding hydrogens is 268 g/mol. The van der Waals surface area contributed by atoms with Crippen LogP contribution in [0.4, 0.5) is 5.69 Å². The van der Waals surface area contributed by atoms with Crippen molar-refractivity contribution in [3.63, 3.8) is 0 Å². The lowest BCUT2D eigenvalue weighted by Gasteiger charge is -2.07. The average Bonchev–Trinajstić information content (AvgIpc) is 2.38. The Morgan fingerprint density at radius 2 is 2.10 bits per heavy atom. The van der Waals surface area contributed by atoms with Crippen molar-refractivity contribution >= 4 is 17.6 Å². The van der Waals surface area contributed by atoms with Gasteiger partial charge in [0.15, 0.2) is 6.10 Å². The number of aliphatic hydroxyl groups is 1. The fourth-order valence-corrected chi connectivity index (χ4v) is 1.50. The van der Waals surface area contributed by atoms with Gasteiger partial charge < -0.3 is 15.5 Å². The summed E-state index contributed by atoms with van der Waals surface area (Å²) < 4.78 is 0. The van der Waals surface area contributed by atoms with Gasteiger partial charge in [0.05, 0.1) is 4.92 Å². The minimum Gasteiger partial charge on any atom is -0.479 e. The van der Waals surface area contributed by atoms with Crippen molar-refractivity contribution in [1.82, 2.24) is 5.32 Å². The van der Waals surface area contributed by atoms with Gasteiger partial charge in [-0.05, 0) is 13.0 Å².